The van der Waals surface area contributed by atoms with Crippen molar-refractivity contribution in [2.45, 2.75) is 17.6 Å². The van der Waals surface area contributed by atoms with Crippen LogP contribution >= 0.6 is 0 Å². The van der Waals surface area contributed by atoms with Crippen LogP contribution < -0.4 is 5.19 Å². The lowest BCUT2D eigenvalue weighted by atomic mass is 10.4. The Bertz CT molecular complexity index is 740. The minimum atomic E-state index is -6.42. The Balaban J connectivity index is 3.46. The smallest absolute Gasteiger partial charge is 0.272 e. The molecule has 0 atom stereocenters. The molecule has 24 heavy (non-hydrogen) atoms. The van der Waals surface area contributed by atoms with Crippen molar-refractivity contribution < 1.29 is 50.9 Å². The molecule has 0 heterocycles. The summed E-state index contributed by atoms with van der Waals surface area (Å²) >= 11 is 0. The van der Waals surface area contributed by atoms with Gasteiger partial charge in [-0.05, 0) is 11.7 Å². The van der Waals surface area contributed by atoms with Crippen molar-refractivity contribution in [1.82, 2.24) is 0 Å². The number of alkyl halides is 6. The van der Waals surface area contributed by atoms with Crippen LogP contribution in [0.3, 0.4) is 0 Å². The van der Waals surface area contributed by atoms with Crippen LogP contribution in [-0.4, -0.2) is 36.4 Å². The summed E-state index contributed by atoms with van der Waals surface area (Å²) in [6.45, 7) is 0.426. The van der Waals surface area contributed by atoms with Gasteiger partial charge in [0, 0.05) is 0 Å². The molecule has 0 saturated carbocycles. The van der Waals surface area contributed by atoms with Gasteiger partial charge in [0.1, 0.15) is 0 Å². The fourth-order valence-corrected chi connectivity index (χ4v) is 7.40. The fraction of sp³-hybridized carbons (Fsp3) is 0.333. The summed E-state index contributed by atoms with van der Waals surface area (Å²) in [6, 6.07) is 5.30. The highest BCUT2D eigenvalue weighted by molar-refractivity contribution is 7.90. The number of hydrogen-bond acceptors (Lipinski definition) is 6. The highest BCUT2D eigenvalue weighted by Crippen LogP contribution is 2.32. The molecule has 0 radical (unpaired) electrons. The van der Waals surface area contributed by atoms with Gasteiger partial charge in [-0.25, -0.2) is 0 Å². The maximum atomic E-state index is 12.4. The molecule has 0 aliphatic heterocycles. The minimum Gasteiger partial charge on any atom is -0.272 e. The average molecular weight is 418 g/mol. The van der Waals surface area contributed by atoms with Crippen molar-refractivity contribution in [2.75, 3.05) is 0 Å². The molecule has 0 fully saturated rings. The third-order valence-electron chi connectivity index (χ3n) is 2.40. The topological polar surface area (TPSA) is 86.7 Å². The van der Waals surface area contributed by atoms with Gasteiger partial charge in [-0.2, -0.15) is 43.2 Å². The van der Waals surface area contributed by atoms with Crippen LogP contribution in [0, 0.1) is 0 Å². The molecule has 0 spiro atoms. The van der Waals surface area contributed by atoms with E-state index in [0.29, 0.717) is 6.55 Å². The molecular formula is C9H8F6O6S2Si. The van der Waals surface area contributed by atoms with Gasteiger partial charge in [0.05, 0.1) is 0 Å². The largest absolute Gasteiger partial charge is 0.522 e. The molecule has 0 unspecified atom stereocenters. The molecule has 0 saturated heterocycles. The standard InChI is InChI=1S/C9H8F6O6S2Si/c1-24(7-5-3-2-4-6-7,20-22(16,17)8(10,11)12)21-23(18,19)9(13,14)15/h2-6H,1H3. The van der Waals surface area contributed by atoms with E-state index >= 15 is 0 Å². The third-order valence-corrected chi connectivity index (χ3v) is 9.22. The zero-order chi connectivity index (χ0) is 19.0. The second kappa shape index (κ2) is 6.29. The molecular weight excluding hydrogens is 410 g/mol. The molecule has 0 N–H and O–H groups in total. The first kappa shape index (κ1) is 20.9. The summed E-state index contributed by atoms with van der Waals surface area (Å²) in [4.78, 5) is 0. The van der Waals surface area contributed by atoms with Crippen LogP contribution in [-0.2, 0) is 28.0 Å². The van der Waals surface area contributed by atoms with Crippen molar-refractivity contribution in [3.05, 3.63) is 30.3 Å². The first-order chi connectivity index (χ1) is 10.5. The maximum absolute atomic E-state index is 12.4. The van der Waals surface area contributed by atoms with Crippen molar-refractivity contribution >= 4 is 34.0 Å². The van der Waals surface area contributed by atoms with E-state index in [1.54, 1.807) is 0 Å². The van der Waals surface area contributed by atoms with Gasteiger partial charge < -0.3 is 0 Å². The van der Waals surface area contributed by atoms with Gasteiger partial charge in [0.2, 0.25) is 0 Å². The molecule has 0 amide bonds. The van der Waals surface area contributed by atoms with Crippen molar-refractivity contribution in [2.24, 2.45) is 0 Å². The van der Waals surface area contributed by atoms with Crippen molar-refractivity contribution in [3.8, 4) is 0 Å². The zero-order valence-electron chi connectivity index (χ0n) is 11.4. The molecule has 138 valence electrons. The van der Waals surface area contributed by atoms with E-state index in [0.717, 1.165) is 24.3 Å². The maximum Gasteiger partial charge on any atom is 0.522 e. The Morgan fingerprint density at radius 2 is 1.12 bits per heavy atom. The van der Waals surface area contributed by atoms with Gasteiger partial charge in [-0.1, -0.05) is 30.3 Å². The summed E-state index contributed by atoms with van der Waals surface area (Å²) in [5, 5.41) is -0.578. The normalized spacial score (nSPS) is 14.6. The average Bonchev–Trinajstić information content (AvgIpc) is 2.35. The summed E-state index contributed by atoms with van der Waals surface area (Å²) in [5.41, 5.74) is -12.0. The van der Waals surface area contributed by atoms with E-state index < -0.39 is 45.0 Å². The lowest BCUT2D eigenvalue weighted by molar-refractivity contribution is -0.0529. The van der Waals surface area contributed by atoms with Gasteiger partial charge in [0.15, 0.2) is 0 Å². The van der Waals surface area contributed by atoms with Crippen LogP contribution in [0.2, 0.25) is 6.55 Å². The predicted octanol–water partition coefficient (Wildman–Crippen LogP) is 1.70. The van der Waals surface area contributed by atoms with Crippen LogP contribution in [0.1, 0.15) is 0 Å². The highest BCUT2D eigenvalue weighted by atomic mass is 32.2. The predicted molar refractivity (Wildman–Crippen MR) is 69.8 cm³/mol. The SMILES string of the molecule is C[Si](OS(=O)(=O)C(F)(F)F)(OS(=O)(=O)C(F)(F)F)c1ccccc1. The summed E-state index contributed by atoms with van der Waals surface area (Å²) in [7, 11) is -18.1. The monoisotopic (exact) mass is 418 g/mol. The van der Waals surface area contributed by atoms with Crippen molar-refractivity contribution in [3.63, 3.8) is 0 Å². The third kappa shape index (κ3) is 4.47. The Morgan fingerprint density at radius 3 is 1.42 bits per heavy atom. The number of halogens is 6. The lowest BCUT2D eigenvalue weighted by Gasteiger charge is -2.26. The lowest BCUT2D eigenvalue weighted by Crippen LogP contribution is -2.56. The van der Waals surface area contributed by atoms with E-state index in [1.165, 1.54) is 6.07 Å². The molecule has 6 nitrogen and oxygen atoms in total. The van der Waals surface area contributed by atoms with Gasteiger partial charge in [0.25, 0.3) is 0 Å². The van der Waals surface area contributed by atoms with Crippen molar-refractivity contribution in [1.29, 1.82) is 0 Å². The quantitative estimate of drug-likeness (QED) is 0.411. The zero-order valence-corrected chi connectivity index (χ0v) is 14.1. The second-order valence-corrected chi connectivity index (χ2v) is 10.8. The number of hydrogen-bond donors (Lipinski definition) is 0. The minimum absolute atomic E-state index is 0.426. The molecule has 0 aliphatic rings. The van der Waals surface area contributed by atoms with E-state index in [-0.39, 0.29) is 0 Å². The van der Waals surface area contributed by atoms with E-state index in [4.69, 9.17) is 0 Å². The van der Waals surface area contributed by atoms with Crippen LogP contribution in [0.15, 0.2) is 30.3 Å². The van der Waals surface area contributed by atoms with Crippen LogP contribution in [0.5, 0.6) is 0 Å². The van der Waals surface area contributed by atoms with E-state index in [2.05, 4.69) is 7.74 Å². The Hall–Kier alpha value is -1.16. The first-order valence-electron chi connectivity index (χ1n) is 5.61. The van der Waals surface area contributed by atoms with E-state index in [9.17, 15) is 43.2 Å². The Labute approximate surface area is 133 Å². The van der Waals surface area contributed by atoms with E-state index in [1.807, 2.05) is 0 Å². The number of rotatable bonds is 5. The summed E-state index contributed by atoms with van der Waals surface area (Å²) in [6.07, 6.45) is 0. The van der Waals surface area contributed by atoms with Gasteiger partial charge in [-0.3, -0.25) is 7.74 Å². The van der Waals surface area contributed by atoms with Gasteiger partial charge >= 0.3 is 39.8 Å². The van der Waals surface area contributed by atoms with Crippen LogP contribution in [0.25, 0.3) is 0 Å². The first-order valence-corrected chi connectivity index (χ1v) is 10.7. The molecule has 15 heteroatoms. The second-order valence-electron chi connectivity index (χ2n) is 4.28. The molecule has 0 bridgehead atoms. The highest BCUT2D eigenvalue weighted by Gasteiger charge is 2.58. The molecule has 1 aromatic carbocycles. The number of benzene rings is 1. The Morgan fingerprint density at radius 1 is 0.792 bits per heavy atom. The molecule has 1 rings (SSSR count). The van der Waals surface area contributed by atoms with Crippen LogP contribution in [0.4, 0.5) is 26.3 Å². The Kier molecular flexibility index (Phi) is 5.47. The summed E-state index contributed by atoms with van der Waals surface area (Å²) in [5.74, 6) is 0. The summed E-state index contributed by atoms with van der Waals surface area (Å²) < 4.78 is 127. The molecule has 0 aliphatic carbocycles. The molecule has 0 aromatic heterocycles. The molecule has 1 aromatic rings. The fourth-order valence-electron chi connectivity index (χ4n) is 1.36. The van der Waals surface area contributed by atoms with Gasteiger partial charge in [-0.15, -0.1) is 0 Å².